The summed E-state index contributed by atoms with van der Waals surface area (Å²) in [7, 11) is 0. The predicted octanol–water partition coefficient (Wildman–Crippen LogP) is 5.44. The molecule has 2 aromatic heterocycles. The van der Waals surface area contributed by atoms with Crippen molar-refractivity contribution in [3.8, 4) is 11.9 Å². The van der Waals surface area contributed by atoms with Gasteiger partial charge in [0.05, 0.1) is 24.9 Å². The van der Waals surface area contributed by atoms with Gasteiger partial charge in [0.15, 0.2) is 6.19 Å². The molecule has 0 aliphatic carbocycles. The Morgan fingerprint density at radius 2 is 2.02 bits per heavy atom. The van der Waals surface area contributed by atoms with Gasteiger partial charge in [-0.25, -0.2) is 9.78 Å². The van der Waals surface area contributed by atoms with Gasteiger partial charge in [0, 0.05) is 30.9 Å². The van der Waals surface area contributed by atoms with E-state index >= 15 is 0 Å². The molecule has 2 aliphatic rings. The summed E-state index contributed by atoms with van der Waals surface area (Å²) in [5.41, 5.74) is 1.74. The van der Waals surface area contributed by atoms with Gasteiger partial charge in [-0.3, -0.25) is 14.7 Å². The van der Waals surface area contributed by atoms with Crippen LogP contribution in [0.25, 0.3) is 5.57 Å². The molecule has 0 bridgehead atoms. The summed E-state index contributed by atoms with van der Waals surface area (Å²) in [6.45, 7) is 11.2. The zero-order chi connectivity index (χ0) is 29.8. The van der Waals surface area contributed by atoms with Crippen molar-refractivity contribution in [2.45, 2.75) is 77.5 Å². The molecule has 1 unspecified atom stereocenters. The van der Waals surface area contributed by atoms with E-state index in [4.69, 9.17) is 26.3 Å². The van der Waals surface area contributed by atoms with Gasteiger partial charge >= 0.3 is 6.09 Å². The number of nitrogens with zero attached hydrogens (tertiary/aromatic N) is 5. The van der Waals surface area contributed by atoms with Crippen molar-refractivity contribution < 1.29 is 19.1 Å². The molecular formula is C30H37ClN6O4. The van der Waals surface area contributed by atoms with Crippen LogP contribution in [0.3, 0.4) is 0 Å². The van der Waals surface area contributed by atoms with Crippen LogP contribution in [0.4, 0.5) is 10.6 Å². The summed E-state index contributed by atoms with van der Waals surface area (Å²) >= 11 is 6.38. The number of anilines is 1. The van der Waals surface area contributed by atoms with Gasteiger partial charge in [0.25, 0.3) is 0 Å². The first-order valence-corrected chi connectivity index (χ1v) is 14.1. The number of nitrogens with one attached hydrogen (secondary N) is 1. The number of piperidine rings is 1. The summed E-state index contributed by atoms with van der Waals surface area (Å²) < 4.78 is 11.8. The van der Waals surface area contributed by atoms with Gasteiger partial charge in [-0.05, 0) is 71.1 Å². The Morgan fingerprint density at radius 1 is 1.24 bits per heavy atom. The van der Waals surface area contributed by atoms with Crippen LogP contribution in [0, 0.1) is 11.5 Å². The van der Waals surface area contributed by atoms with E-state index in [1.54, 1.807) is 22.1 Å². The first kappa shape index (κ1) is 30.1. The number of carbonyl (C=O) groups is 2. The van der Waals surface area contributed by atoms with E-state index in [-0.39, 0.29) is 30.1 Å². The maximum atomic E-state index is 12.9. The van der Waals surface area contributed by atoms with Crippen LogP contribution in [0.2, 0.25) is 5.02 Å². The number of amides is 2. The second-order valence-electron chi connectivity index (χ2n) is 12.0. The molecule has 10 nitrogen and oxygen atoms in total. The van der Waals surface area contributed by atoms with E-state index in [0.717, 1.165) is 36.1 Å². The Bertz CT molecular complexity index is 1350. The average molecular weight is 581 g/mol. The van der Waals surface area contributed by atoms with E-state index in [0.29, 0.717) is 36.2 Å². The number of halogens is 1. The van der Waals surface area contributed by atoms with Gasteiger partial charge in [0.1, 0.15) is 28.3 Å². The van der Waals surface area contributed by atoms with Gasteiger partial charge in [0.2, 0.25) is 5.91 Å². The molecule has 4 rings (SSSR count). The third kappa shape index (κ3) is 8.10. The number of carbonyl (C=O) groups excluding carboxylic acids is 2. The summed E-state index contributed by atoms with van der Waals surface area (Å²) in [6.07, 6.45) is 8.94. The Kier molecular flexibility index (Phi) is 9.08. The van der Waals surface area contributed by atoms with Crippen molar-refractivity contribution in [3.05, 3.63) is 52.9 Å². The number of hydrogen-bond donors (Lipinski definition) is 1. The molecule has 11 heteroatoms. The highest BCUT2D eigenvalue weighted by atomic mass is 35.5. The van der Waals surface area contributed by atoms with Crippen LogP contribution < -0.4 is 10.1 Å². The van der Waals surface area contributed by atoms with Crippen molar-refractivity contribution in [1.82, 2.24) is 19.8 Å². The highest BCUT2D eigenvalue weighted by Gasteiger charge is 2.40. The molecule has 41 heavy (non-hydrogen) atoms. The highest BCUT2D eigenvalue weighted by molar-refractivity contribution is 6.32. The molecule has 4 heterocycles. The highest BCUT2D eigenvalue weighted by Crippen LogP contribution is 2.34. The minimum absolute atomic E-state index is 0.123. The molecule has 1 atom stereocenters. The SMILES string of the molecule is CC(C)(C)OC(=O)N1CC(Oc2cc(NC(=O)Cc3ccc(C4=CCN(C#N)CC4)nc3)ncc2Cl)CCC1(C)C. The zero-order valence-electron chi connectivity index (χ0n) is 24.2. The molecule has 218 valence electrons. The number of aromatic nitrogens is 2. The lowest BCUT2D eigenvalue weighted by molar-refractivity contribution is -0.115. The standard InChI is InChI=1S/C30H37ClN6O4/c1-29(2,3)41-28(39)37-18-22(8-11-30(37,4)5)40-25-15-26(34-17-23(25)31)35-27(38)14-20-6-7-24(33-16-20)21-9-12-36(19-32)13-10-21/h6-7,9,15-17,22H,8,10-14,18H2,1-5H3,(H,34,35,38). The molecule has 0 saturated carbocycles. The minimum Gasteiger partial charge on any atom is -0.487 e. The van der Waals surface area contributed by atoms with Crippen molar-refractivity contribution in [2.24, 2.45) is 0 Å². The lowest BCUT2D eigenvalue weighted by atomic mass is 9.89. The smallest absolute Gasteiger partial charge is 0.410 e. The number of nitriles is 1. The second kappa shape index (κ2) is 12.4. The lowest BCUT2D eigenvalue weighted by Crippen LogP contribution is -2.56. The van der Waals surface area contributed by atoms with Crippen LogP contribution in [0.5, 0.6) is 5.75 Å². The van der Waals surface area contributed by atoms with Crippen molar-refractivity contribution >= 4 is 35.0 Å². The summed E-state index contributed by atoms with van der Waals surface area (Å²) in [4.78, 5) is 37.8. The van der Waals surface area contributed by atoms with E-state index in [2.05, 4.69) is 21.5 Å². The van der Waals surface area contributed by atoms with E-state index in [9.17, 15) is 9.59 Å². The minimum atomic E-state index is -0.602. The Labute approximate surface area is 246 Å². The summed E-state index contributed by atoms with van der Waals surface area (Å²) in [5, 5.41) is 12.1. The van der Waals surface area contributed by atoms with Gasteiger partial charge in [-0.15, -0.1) is 0 Å². The molecule has 2 aliphatic heterocycles. The molecule has 1 fully saturated rings. The quantitative estimate of drug-likeness (QED) is 0.448. The normalized spacial score (nSPS) is 18.7. The van der Waals surface area contributed by atoms with E-state index < -0.39 is 5.60 Å². The fourth-order valence-corrected chi connectivity index (χ4v) is 4.92. The Balaban J connectivity index is 1.36. The van der Waals surface area contributed by atoms with E-state index in [1.807, 2.05) is 52.8 Å². The Morgan fingerprint density at radius 3 is 2.66 bits per heavy atom. The van der Waals surface area contributed by atoms with Crippen LogP contribution in [0.15, 0.2) is 36.7 Å². The first-order chi connectivity index (χ1) is 19.3. The number of pyridine rings is 2. The van der Waals surface area contributed by atoms with Crippen molar-refractivity contribution in [3.63, 3.8) is 0 Å². The van der Waals surface area contributed by atoms with Gasteiger partial charge < -0.3 is 19.7 Å². The summed E-state index contributed by atoms with van der Waals surface area (Å²) in [6, 6.07) is 5.37. The third-order valence-electron chi connectivity index (χ3n) is 7.06. The third-order valence-corrected chi connectivity index (χ3v) is 7.34. The zero-order valence-corrected chi connectivity index (χ0v) is 25.0. The van der Waals surface area contributed by atoms with Crippen LogP contribution in [0.1, 0.15) is 65.1 Å². The van der Waals surface area contributed by atoms with Crippen molar-refractivity contribution in [2.75, 3.05) is 25.0 Å². The maximum absolute atomic E-state index is 12.9. The molecule has 2 amide bonds. The molecular weight excluding hydrogens is 544 g/mol. The maximum Gasteiger partial charge on any atom is 0.410 e. The molecule has 1 N–H and O–H groups in total. The van der Waals surface area contributed by atoms with Gasteiger partial charge in [-0.2, -0.15) is 5.26 Å². The fourth-order valence-electron chi connectivity index (χ4n) is 4.77. The second-order valence-corrected chi connectivity index (χ2v) is 12.4. The number of ether oxygens (including phenoxy) is 2. The molecule has 0 radical (unpaired) electrons. The average Bonchev–Trinajstić information content (AvgIpc) is 2.91. The van der Waals surface area contributed by atoms with Crippen LogP contribution in [-0.4, -0.2) is 68.6 Å². The Hall–Kier alpha value is -3.84. The van der Waals surface area contributed by atoms with Gasteiger partial charge in [-0.1, -0.05) is 23.7 Å². The van der Waals surface area contributed by atoms with Crippen LogP contribution >= 0.6 is 11.6 Å². The molecule has 2 aromatic rings. The van der Waals surface area contributed by atoms with Crippen LogP contribution in [-0.2, 0) is 16.0 Å². The fraction of sp³-hybridized carbons (Fsp3) is 0.500. The predicted molar refractivity (Wildman–Crippen MR) is 156 cm³/mol. The topological polar surface area (TPSA) is 121 Å². The monoisotopic (exact) mass is 580 g/mol. The summed E-state index contributed by atoms with van der Waals surface area (Å²) in [5.74, 6) is 0.443. The van der Waals surface area contributed by atoms with Crippen molar-refractivity contribution in [1.29, 1.82) is 5.26 Å². The van der Waals surface area contributed by atoms with E-state index in [1.165, 1.54) is 6.20 Å². The molecule has 1 saturated heterocycles. The molecule has 0 spiro atoms. The number of hydrogen-bond acceptors (Lipinski definition) is 8. The lowest BCUT2D eigenvalue weighted by Gasteiger charge is -2.45. The number of likely N-dealkylation sites (tertiary alicyclic amines) is 1. The molecule has 0 aromatic carbocycles. The first-order valence-electron chi connectivity index (χ1n) is 13.7. The largest absolute Gasteiger partial charge is 0.487 e. The number of rotatable bonds is 6.